The molecule has 1 heterocycles. The van der Waals surface area contributed by atoms with Crippen LogP contribution in [0.15, 0.2) is 0 Å². The monoisotopic (exact) mass is 256 g/mol. The van der Waals surface area contributed by atoms with Crippen molar-refractivity contribution in [3.05, 3.63) is 0 Å². The Morgan fingerprint density at radius 1 is 1.33 bits per heavy atom. The maximum atomic E-state index is 12.0. The highest BCUT2D eigenvalue weighted by molar-refractivity contribution is 5.81. The Morgan fingerprint density at radius 3 is 2.56 bits per heavy atom. The Labute approximate surface area is 106 Å². The third-order valence-corrected chi connectivity index (χ3v) is 3.88. The number of hydrogen-bond acceptors (Lipinski definition) is 4. The van der Waals surface area contributed by atoms with Gasteiger partial charge in [0.1, 0.15) is 12.7 Å². The Morgan fingerprint density at radius 2 is 2.00 bits per heavy atom. The van der Waals surface area contributed by atoms with E-state index >= 15 is 0 Å². The second-order valence-electron chi connectivity index (χ2n) is 5.61. The van der Waals surface area contributed by atoms with E-state index in [-0.39, 0.29) is 24.6 Å². The molecule has 1 N–H and O–H groups in total. The van der Waals surface area contributed by atoms with E-state index in [0.717, 1.165) is 6.42 Å². The summed E-state index contributed by atoms with van der Waals surface area (Å²) >= 11 is 0. The molecular weight excluding hydrogens is 236 g/mol. The highest BCUT2D eigenvalue weighted by atomic mass is 16.6. The lowest BCUT2D eigenvalue weighted by Crippen LogP contribution is -2.41. The number of epoxide rings is 1. The first-order valence-electron chi connectivity index (χ1n) is 6.50. The van der Waals surface area contributed by atoms with Gasteiger partial charge in [0.25, 0.3) is 0 Å². The number of carbonyl (C=O) groups excluding carboxylic acids is 1. The van der Waals surface area contributed by atoms with Crippen LogP contribution < -0.4 is 0 Å². The number of esters is 1. The molecule has 0 bridgehead atoms. The van der Waals surface area contributed by atoms with Crippen LogP contribution >= 0.6 is 0 Å². The van der Waals surface area contributed by atoms with Gasteiger partial charge in [-0.05, 0) is 24.7 Å². The van der Waals surface area contributed by atoms with Crippen LogP contribution in [0.3, 0.4) is 0 Å². The largest absolute Gasteiger partial charge is 0.481 e. The topological polar surface area (TPSA) is 76.1 Å². The summed E-state index contributed by atoms with van der Waals surface area (Å²) in [5.74, 6) is -2.00. The molecule has 5 heteroatoms. The molecule has 5 nitrogen and oxygen atoms in total. The number of rotatable bonds is 4. The van der Waals surface area contributed by atoms with Crippen molar-refractivity contribution in [3.63, 3.8) is 0 Å². The van der Waals surface area contributed by atoms with Crippen LogP contribution in [0, 0.1) is 23.7 Å². The minimum atomic E-state index is -0.891. The fourth-order valence-electron chi connectivity index (χ4n) is 2.94. The summed E-state index contributed by atoms with van der Waals surface area (Å²) in [7, 11) is 0. The standard InChI is InChI=1S/C13H20O5/c1-7-3-8(2)11(10(4-7)12(14)15)13(16)18-6-9-5-17-9/h7-11H,3-6H2,1-2H3,(H,14,15). The lowest BCUT2D eigenvalue weighted by Gasteiger charge is -2.35. The number of carbonyl (C=O) groups is 2. The number of aliphatic carboxylic acids is 1. The van der Waals surface area contributed by atoms with E-state index in [1.54, 1.807) is 0 Å². The number of hydrogen-bond donors (Lipinski definition) is 1. The summed E-state index contributed by atoms with van der Waals surface area (Å²) in [4.78, 5) is 23.3. The number of carboxylic acids is 1. The molecule has 1 aliphatic carbocycles. The van der Waals surface area contributed by atoms with E-state index in [4.69, 9.17) is 9.47 Å². The molecule has 5 unspecified atom stereocenters. The molecule has 2 aliphatic rings. The molecule has 102 valence electrons. The summed E-state index contributed by atoms with van der Waals surface area (Å²) in [5, 5.41) is 9.25. The Bertz CT molecular complexity index is 336. The molecule has 0 radical (unpaired) electrons. The van der Waals surface area contributed by atoms with Crippen molar-refractivity contribution in [3.8, 4) is 0 Å². The van der Waals surface area contributed by atoms with Crippen molar-refractivity contribution in [1.29, 1.82) is 0 Å². The molecule has 5 atom stereocenters. The van der Waals surface area contributed by atoms with E-state index in [9.17, 15) is 14.7 Å². The smallest absolute Gasteiger partial charge is 0.310 e. The fourth-order valence-corrected chi connectivity index (χ4v) is 2.94. The van der Waals surface area contributed by atoms with Gasteiger partial charge in [-0.15, -0.1) is 0 Å². The van der Waals surface area contributed by atoms with E-state index in [0.29, 0.717) is 18.9 Å². The van der Waals surface area contributed by atoms with Crippen molar-refractivity contribution < 1.29 is 24.2 Å². The maximum absolute atomic E-state index is 12.0. The van der Waals surface area contributed by atoms with Gasteiger partial charge in [0, 0.05) is 0 Å². The predicted octanol–water partition coefficient (Wildman–Crippen LogP) is 1.31. The second-order valence-corrected chi connectivity index (χ2v) is 5.61. The van der Waals surface area contributed by atoms with Gasteiger partial charge in [-0.3, -0.25) is 9.59 Å². The second kappa shape index (κ2) is 5.26. The average molecular weight is 256 g/mol. The van der Waals surface area contributed by atoms with Gasteiger partial charge < -0.3 is 14.6 Å². The number of carboxylic acid groups (broad SMARTS) is 1. The van der Waals surface area contributed by atoms with Crippen LogP contribution in [0.4, 0.5) is 0 Å². The lowest BCUT2D eigenvalue weighted by molar-refractivity contribution is -0.163. The lowest BCUT2D eigenvalue weighted by atomic mass is 9.69. The molecule has 0 aromatic rings. The van der Waals surface area contributed by atoms with Crippen molar-refractivity contribution in [2.75, 3.05) is 13.2 Å². The summed E-state index contributed by atoms with van der Waals surface area (Å²) in [6.07, 6.45) is 1.46. The number of ether oxygens (including phenoxy) is 2. The van der Waals surface area contributed by atoms with Crippen LogP contribution in [0.5, 0.6) is 0 Å². The van der Waals surface area contributed by atoms with Gasteiger partial charge in [-0.25, -0.2) is 0 Å². The zero-order valence-corrected chi connectivity index (χ0v) is 10.8. The molecule has 0 amide bonds. The van der Waals surface area contributed by atoms with Gasteiger partial charge in [0.05, 0.1) is 18.4 Å². The Balaban J connectivity index is 2.00. The van der Waals surface area contributed by atoms with Crippen molar-refractivity contribution in [2.45, 2.75) is 32.8 Å². The quantitative estimate of drug-likeness (QED) is 0.606. The van der Waals surface area contributed by atoms with Crippen LogP contribution in [-0.2, 0) is 19.1 Å². The van der Waals surface area contributed by atoms with Crippen LogP contribution in [0.25, 0.3) is 0 Å². The molecule has 0 spiro atoms. The highest BCUT2D eigenvalue weighted by Gasteiger charge is 2.43. The summed E-state index contributed by atoms with van der Waals surface area (Å²) in [6.45, 7) is 4.86. The first-order valence-corrected chi connectivity index (χ1v) is 6.50. The van der Waals surface area contributed by atoms with Crippen LogP contribution in [-0.4, -0.2) is 36.4 Å². The summed E-state index contributed by atoms with van der Waals surface area (Å²) in [6, 6.07) is 0. The summed E-state index contributed by atoms with van der Waals surface area (Å²) in [5.41, 5.74) is 0. The fraction of sp³-hybridized carbons (Fsp3) is 0.846. The maximum Gasteiger partial charge on any atom is 0.310 e. The van der Waals surface area contributed by atoms with Gasteiger partial charge in [0.2, 0.25) is 0 Å². The molecule has 0 aromatic carbocycles. The highest BCUT2D eigenvalue weighted by Crippen LogP contribution is 2.39. The zero-order chi connectivity index (χ0) is 13.3. The molecule has 2 fully saturated rings. The van der Waals surface area contributed by atoms with E-state index in [1.165, 1.54) is 0 Å². The molecule has 1 aliphatic heterocycles. The van der Waals surface area contributed by atoms with Crippen LogP contribution in [0.2, 0.25) is 0 Å². The van der Waals surface area contributed by atoms with Gasteiger partial charge >= 0.3 is 11.9 Å². The SMILES string of the molecule is CC1CC(C)C(C(=O)OCC2CO2)C(C(=O)O)C1. The van der Waals surface area contributed by atoms with Crippen molar-refractivity contribution >= 4 is 11.9 Å². The predicted molar refractivity (Wildman–Crippen MR) is 62.9 cm³/mol. The average Bonchev–Trinajstić information content (AvgIpc) is 3.08. The Hall–Kier alpha value is -1.10. The minimum Gasteiger partial charge on any atom is -0.481 e. The first-order chi connectivity index (χ1) is 8.49. The molecule has 18 heavy (non-hydrogen) atoms. The normalized spacial score (nSPS) is 39.1. The third kappa shape index (κ3) is 3.02. The van der Waals surface area contributed by atoms with Crippen molar-refractivity contribution in [1.82, 2.24) is 0 Å². The van der Waals surface area contributed by atoms with E-state index in [1.807, 2.05) is 13.8 Å². The van der Waals surface area contributed by atoms with Gasteiger partial charge in [0.15, 0.2) is 0 Å². The van der Waals surface area contributed by atoms with Crippen LogP contribution in [0.1, 0.15) is 26.7 Å². The minimum absolute atomic E-state index is 0.0232. The van der Waals surface area contributed by atoms with E-state index in [2.05, 4.69) is 0 Å². The molecular formula is C13H20O5. The summed E-state index contributed by atoms with van der Waals surface area (Å²) < 4.78 is 10.1. The molecule has 0 aromatic heterocycles. The van der Waals surface area contributed by atoms with Gasteiger partial charge in [-0.2, -0.15) is 0 Å². The van der Waals surface area contributed by atoms with Crippen molar-refractivity contribution in [2.24, 2.45) is 23.7 Å². The first kappa shape index (κ1) is 13.3. The molecule has 2 rings (SSSR count). The van der Waals surface area contributed by atoms with Gasteiger partial charge in [-0.1, -0.05) is 13.8 Å². The third-order valence-electron chi connectivity index (χ3n) is 3.88. The zero-order valence-electron chi connectivity index (χ0n) is 10.8. The molecule has 1 saturated heterocycles. The Kier molecular flexibility index (Phi) is 3.90. The van der Waals surface area contributed by atoms with E-state index < -0.39 is 17.8 Å². The molecule has 1 saturated carbocycles.